The predicted molar refractivity (Wildman–Crippen MR) is 71.5 cm³/mol. The highest BCUT2D eigenvalue weighted by molar-refractivity contribution is 5.78. The first-order chi connectivity index (χ1) is 8.09. The van der Waals surface area contributed by atoms with Gasteiger partial charge in [-0.1, -0.05) is 37.2 Å². The van der Waals surface area contributed by atoms with Gasteiger partial charge in [-0.2, -0.15) is 0 Å². The van der Waals surface area contributed by atoms with E-state index < -0.39 is 0 Å². The summed E-state index contributed by atoms with van der Waals surface area (Å²) in [5.74, 6) is 0. The Balaban J connectivity index is 2.47. The second kappa shape index (κ2) is 4.24. The molecule has 1 heterocycles. The van der Waals surface area contributed by atoms with Gasteiger partial charge in [0.2, 0.25) is 0 Å². The average molecular weight is 230 g/mol. The van der Waals surface area contributed by atoms with Crippen LogP contribution in [0.4, 0.5) is 5.69 Å². The number of hydrogen-bond donors (Lipinski definition) is 0. The number of anilines is 1. The third-order valence-corrected chi connectivity index (χ3v) is 3.34. The molecule has 0 unspecified atom stereocenters. The van der Waals surface area contributed by atoms with Crippen molar-refractivity contribution in [3.05, 3.63) is 41.6 Å². The molecule has 1 aromatic carbocycles. The van der Waals surface area contributed by atoms with Gasteiger partial charge in [0, 0.05) is 23.8 Å². The summed E-state index contributed by atoms with van der Waals surface area (Å²) in [4.78, 5) is 6.89. The van der Waals surface area contributed by atoms with Crippen LogP contribution >= 0.6 is 0 Å². The number of para-hydroxylation sites is 1. The zero-order valence-corrected chi connectivity index (χ0v) is 10.8. The fraction of sp³-hybridized carbons (Fsp3) is 0.357. The largest absolute Gasteiger partial charge is 0.399 e. The molecule has 17 heavy (non-hydrogen) atoms. The van der Waals surface area contributed by atoms with Gasteiger partial charge < -0.3 is 9.74 Å². The van der Waals surface area contributed by atoms with E-state index in [9.17, 15) is 0 Å². The van der Waals surface area contributed by atoms with Crippen LogP contribution in [0.1, 0.15) is 19.4 Å². The Bertz CT molecular complexity index is 475. The van der Waals surface area contributed by atoms with Crippen LogP contribution in [0.2, 0.25) is 0 Å². The molecule has 0 bridgehead atoms. The Labute approximate surface area is 102 Å². The van der Waals surface area contributed by atoms with Crippen LogP contribution < -0.4 is 4.90 Å². The molecule has 2 rings (SSSR count). The third-order valence-electron chi connectivity index (χ3n) is 3.34. The molecule has 1 aromatic rings. The minimum Gasteiger partial charge on any atom is -0.399 e. The fourth-order valence-electron chi connectivity index (χ4n) is 2.46. The standard InChI is InChI=1S/C14H18N2O/c1-14(2)11-7-5-6-8-12(11)16(3)13(14)9-10-15-17-4/h5-10H,1-4H3/b13-9+,15-10?. The van der Waals surface area contributed by atoms with Gasteiger partial charge in [0.05, 0.1) is 6.21 Å². The van der Waals surface area contributed by atoms with Crippen LogP contribution in [0.15, 0.2) is 41.2 Å². The molecule has 90 valence electrons. The molecule has 0 fully saturated rings. The number of likely N-dealkylation sites (N-methyl/N-ethyl adjacent to an activating group) is 1. The third kappa shape index (κ3) is 1.82. The van der Waals surface area contributed by atoms with Crippen molar-refractivity contribution >= 4 is 11.9 Å². The lowest BCUT2D eigenvalue weighted by Gasteiger charge is -2.23. The summed E-state index contributed by atoms with van der Waals surface area (Å²) < 4.78 is 0. The first-order valence-electron chi connectivity index (χ1n) is 5.69. The summed E-state index contributed by atoms with van der Waals surface area (Å²) >= 11 is 0. The van der Waals surface area contributed by atoms with Crippen LogP contribution in [0, 0.1) is 0 Å². The first-order valence-corrected chi connectivity index (χ1v) is 5.69. The average Bonchev–Trinajstić information content (AvgIpc) is 2.51. The summed E-state index contributed by atoms with van der Waals surface area (Å²) in [6.07, 6.45) is 3.70. The number of allylic oxidation sites excluding steroid dienone is 2. The van der Waals surface area contributed by atoms with Crippen molar-refractivity contribution in [1.82, 2.24) is 0 Å². The van der Waals surface area contributed by atoms with E-state index in [0.29, 0.717) is 0 Å². The van der Waals surface area contributed by atoms with E-state index >= 15 is 0 Å². The van der Waals surface area contributed by atoms with Crippen molar-refractivity contribution in [3.8, 4) is 0 Å². The molecule has 0 radical (unpaired) electrons. The maximum atomic E-state index is 4.69. The molecular weight excluding hydrogens is 212 g/mol. The van der Waals surface area contributed by atoms with Gasteiger partial charge in [-0.3, -0.25) is 0 Å². The number of fused-ring (bicyclic) bond motifs is 1. The van der Waals surface area contributed by atoms with Gasteiger partial charge in [-0.25, -0.2) is 0 Å². The SMILES string of the molecule is CON=C/C=C1/N(C)c2ccccc2C1(C)C. The molecule has 1 aliphatic heterocycles. The van der Waals surface area contributed by atoms with Crippen molar-refractivity contribution in [2.75, 3.05) is 19.1 Å². The summed E-state index contributed by atoms with van der Waals surface area (Å²) in [5.41, 5.74) is 3.83. The summed E-state index contributed by atoms with van der Waals surface area (Å²) in [7, 11) is 3.63. The first kappa shape index (κ1) is 11.7. The molecule has 0 saturated carbocycles. The Morgan fingerprint density at radius 1 is 1.29 bits per heavy atom. The molecule has 0 spiro atoms. The Kier molecular flexibility index (Phi) is 2.92. The van der Waals surface area contributed by atoms with E-state index in [1.165, 1.54) is 16.9 Å². The smallest absolute Gasteiger partial charge is 0.106 e. The highest BCUT2D eigenvalue weighted by Crippen LogP contribution is 2.46. The molecule has 0 N–H and O–H groups in total. The Morgan fingerprint density at radius 2 is 2.00 bits per heavy atom. The van der Waals surface area contributed by atoms with Gasteiger partial charge in [0.25, 0.3) is 0 Å². The fourth-order valence-corrected chi connectivity index (χ4v) is 2.46. The monoisotopic (exact) mass is 230 g/mol. The minimum absolute atomic E-state index is 0.00506. The van der Waals surface area contributed by atoms with Crippen molar-refractivity contribution in [3.63, 3.8) is 0 Å². The van der Waals surface area contributed by atoms with E-state index in [1.807, 2.05) is 6.08 Å². The maximum Gasteiger partial charge on any atom is 0.106 e. The Morgan fingerprint density at radius 3 is 2.65 bits per heavy atom. The molecule has 0 amide bonds. The van der Waals surface area contributed by atoms with Crippen molar-refractivity contribution < 1.29 is 4.84 Å². The van der Waals surface area contributed by atoms with Gasteiger partial charge in [0.1, 0.15) is 7.11 Å². The maximum absolute atomic E-state index is 4.69. The van der Waals surface area contributed by atoms with E-state index in [-0.39, 0.29) is 5.41 Å². The lowest BCUT2D eigenvalue weighted by atomic mass is 9.84. The van der Waals surface area contributed by atoms with Crippen molar-refractivity contribution in [2.45, 2.75) is 19.3 Å². The summed E-state index contributed by atoms with van der Waals surface area (Å²) in [6.45, 7) is 4.45. The topological polar surface area (TPSA) is 24.8 Å². The van der Waals surface area contributed by atoms with Gasteiger partial charge in [0.15, 0.2) is 0 Å². The number of benzene rings is 1. The summed E-state index contributed by atoms with van der Waals surface area (Å²) in [5, 5.41) is 3.77. The van der Waals surface area contributed by atoms with E-state index in [1.54, 1.807) is 13.3 Å². The molecule has 0 saturated heterocycles. The second-order valence-electron chi connectivity index (χ2n) is 4.69. The quantitative estimate of drug-likeness (QED) is 0.576. The minimum atomic E-state index is 0.00506. The van der Waals surface area contributed by atoms with Crippen molar-refractivity contribution in [2.24, 2.45) is 5.16 Å². The molecule has 3 heteroatoms. The molecular formula is C14H18N2O. The second-order valence-corrected chi connectivity index (χ2v) is 4.69. The number of oxime groups is 1. The predicted octanol–water partition coefficient (Wildman–Crippen LogP) is 2.93. The molecule has 0 aliphatic carbocycles. The number of rotatable bonds is 2. The molecule has 0 atom stereocenters. The van der Waals surface area contributed by atoms with E-state index in [0.717, 1.165) is 0 Å². The zero-order chi connectivity index (χ0) is 12.5. The summed E-state index contributed by atoms with van der Waals surface area (Å²) in [6, 6.07) is 8.48. The molecule has 1 aliphatic rings. The number of nitrogens with zero attached hydrogens (tertiary/aromatic N) is 2. The van der Waals surface area contributed by atoms with Crippen LogP contribution in [-0.2, 0) is 10.3 Å². The van der Waals surface area contributed by atoms with Crippen LogP contribution in [0.5, 0.6) is 0 Å². The van der Waals surface area contributed by atoms with Crippen LogP contribution in [-0.4, -0.2) is 20.4 Å². The normalized spacial score (nSPS) is 20.0. The van der Waals surface area contributed by atoms with Crippen molar-refractivity contribution in [1.29, 1.82) is 0 Å². The van der Waals surface area contributed by atoms with E-state index in [2.05, 4.69) is 60.1 Å². The van der Waals surface area contributed by atoms with Gasteiger partial charge in [-0.05, 0) is 17.7 Å². The lowest BCUT2D eigenvalue weighted by Crippen LogP contribution is -2.23. The van der Waals surface area contributed by atoms with Gasteiger partial charge >= 0.3 is 0 Å². The highest BCUT2D eigenvalue weighted by atomic mass is 16.6. The molecule has 0 aromatic heterocycles. The Hall–Kier alpha value is -1.77. The van der Waals surface area contributed by atoms with E-state index in [4.69, 9.17) is 0 Å². The van der Waals surface area contributed by atoms with Crippen LogP contribution in [0.25, 0.3) is 0 Å². The molecule has 3 nitrogen and oxygen atoms in total. The lowest BCUT2D eigenvalue weighted by molar-refractivity contribution is 0.215. The van der Waals surface area contributed by atoms with Crippen LogP contribution in [0.3, 0.4) is 0 Å². The van der Waals surface area contributed by atoms with Gasteiger partial charge in [-0.15, -0.1) is 0 Å². The highest BCUT2D eigenvalue weighted by Gasteiger charge is 2.37. The number of hydrogen-bond acceptors (Lipinski definition) is 3. The zero-order valence-electron chi connectivity index (χ0n) is 10.8.